The summed E-state index contributed by atoms with van der Waals surface area (Å²) >= 11 is 0. The van der Waals surface area contributed by atoms with Crippen LogP contribution in [0.15, 0.2) is 60.5 Å². The van der Waals surface area contributed by atoms with Crippen molar-refractivity contribution in [3.63, 3.8) is 0 Å². The van der Waals surface area contributed by atoms with Crippen molar-refractivity contribution in [3.8, 4) is 0 Å². The third kappa shape index (κ3) is 2.33. The van der Waals surface area contributed by atoms with Crippen LogP contribution in [0.4, 0.5) is 0 Å². The average Bonchev–Trinajstić information content (AvgIpc) is 2.48. The highest BCUT2D eigenvalue weighted by Crippen LogP contribution is 2.06. The van der Waals surface area contributed by atoms with Crippen LogP contribution in [-0.2, 0) is 0 Å². The molecule has 0 aliphatic rings. The second kappa shape index (κ2) is 4.43. The summed E-state index contributed by atoms with van der Waals surface area (Å²) in [6.45, 7) is 0. The molecule has 0 saturated heterocycles. The van der Waals surface area contributed by atoms with Crippen LogP contribution in [0.2, 0.25) is 0 Å². The Morgan fingerprint density at radius 2 is 1.64 bits per heavy atom. The highest BCUT2D eigenvalue weighted by Gasteiger charge is 1.84. The molecular weight excluding hydrogens is 168 g/mol. The number of hydrogen-bond acceptors (Lipinski definition) is 0. The molecule has 0 bridgehead atoms. The maximum absolute atomic E-state index is 7.96. The Hall–Kier alpha value is -1.82. The normalized spacial score (nSPS) is 17.3. The lowest BCUT2D eigenvalue weighted by Crippen LogP contribution is -1.70. The van der Waals surface area contributed by atoms with Crippen molar-refractivity contribution in [2.45, 2.75) is 0 Å². The van der Waals surface area contributed by atoms with Crippen LogP contribution in [0.5, 0.6) is 0 Å². The molecule has 0 N–H and O–H groups in total. The van der Waals surface area contributed by atoms with E-state index in [4.69, 9.17) is 8.22 Å². The molecule has 0 nitrogen and oxygen atoms in total. The van der Waals surface area contributed by atoms with Crippen molar-refractivity contribution in [2.75, 3.05) is 0 Å². The van der Waals surface area contributed by atoms with Gasteiger partial charge in [-0.25, -0.2) is 0 Å². The quantitative estimate of drug-likeness (QED) is 0.625. The third-order valence-electron chi connectivity index (χ3n) is 1.68. The molecule has 14 heavy (non-hydrogen) atoms. The number of hydrogen-bond donors (Lipinski definition) is 0. The van der Waals surface area contributed by atoms with Crippen molar-refractivity contribution < 1.29 is 8.22 Å². The van der Waals surface area contributed by atoms with E-state index in [0.717, 1.165) is 0 Å². The van der Waals surface area contributed by atoms with Gasteiger partial charge in [-0.15, -0.1) is 0 Å². The van der Waals surface area contributed by atoms with E-state index in [2.05, 4.69) is 0 Å². The zero-order chi connectivity index (χ0) is 14.9. The molecule has 2 aromatic carbocycles. The molecule has 0 radical (unpaired) electrons. The maximum Gasteiger partial charge on any atom is 0.0629 e. The first kappa shape index (κ1) is 4.14. The van der Waals surface area contributed by atoms with Gasteiger partial charge in [0.2, 0.25) is 0 Å². The van der Waals surface area contributed by atoms with Gasteiger partial charge in [0, 0.05) is 0 Å². The van der Waals surface area contributed by atoms with Crippen molar-refractivity contribution >= 4 is 12.1 Å². The van der Waals surface area contributed by atoms with Gasteiger partial charge < -0.3 is 0 Å². The van der Waals surface area contributed by atoms with Crippen LogP contribution < -0.4 is 0 Å². The fraction of sp³-hybridized carbons (Fsp3) is 0. The van der Waals surface area contributed by atoms with E-state index in [0.29, 0.717) is 5.56 Å². The molecule has 0 spiro atoms. The van der Waals surface area contributed by atoms with Crippen LogP contribution in [-0.4, -0.2) is 0 Å². The van der Waals surface area contributed by atoms with Gasteiger partial charge in [-0.1, -0.05) is 72.7 Å². The Morgan fingerprint density at radius 1 is 0.929 bits per heavy atom. The molecule has 0 heteroatoms. The fourth-order valence-electron chi connectivity index (χ4n) is 1.02. The first-order valence-corrected chi connectivity index (χ1v) is 4.24. The zero-order valence-electron chi connectivity index (χ0n) is 13.5. The van der Waals surface area contributed by atoms with Crippen LogP contribution >= 0.6 is 0 Å². The summed E-state index contributed by atoms with van der Waals surface area (Å²) in [5.74, 6) is 0. The van der Waals surface area contributed by atoms with Gasteiger partial charge in [-0.05, 0) is 11.1 Å². The Morgan fingerprint density at radius 3 is 2.36 bits per heavy atom. The SMILES string of the molecule is [2H]/C(=C\c1c([2H])c([2H])c([2H])c([2H])c1[2H])c1ccccc1. The largest absolute Gasteiger partial charge is 0.0629 e. The summed E-state index contributed by atoms with van der Waals surface area (Å²) in [4.78, 5) is 0. The minimum absolute atomic E-state index is 0.0323. The van der Waals surface area contributed by atoms with Gasteiger partial charge in [0.15, 0.2) is 0 Å². The standard InChI is InChI=1S/C14H12/c1-3-7-13(8-4-1)11-12-14-9-5-2-6-10-14/h1-12H/b12-11+/i1D,3D,4D,7D,8D,12D. The molecule has 0 aliphatic heterocycles. The fourth-order valence-corrected chi connectivity index (χ4v) is 1.02. The lowest BCUT2D eigenvalue weighted by Gasteiger charge is -1.92. The lowest BCUT2D eigenvalue weighted by atomic mass is 10.1. The van der Waals surface area contributed by atoms with Crippen molar-refractivity contribution in [1.29, 1.82) is 0 Å². The molecule has 0 atom stereocenters. The highest BCUT2D eigenvalue weighted by molar-refractivity contribution is 5.69. The Balaban J connectivity index is 2.60. The smallest absolute Gasteiger partial charge is 0.0622 e. The van der Waals surface area contributed by atoms with E-state index >= 15 is 0 Å². The predicted molar refractivity (Wildman–Crippen MR) is 61.8 cm³/mol. The number of benzene rings is 2. The van der Waals surface area contributed by atoms with Gasteiger partial charge in [-0.3, -0.25) is 0 Å². The van der Waals surface area contributed by atoms with E-state index < -0.39 is 18.1 Å². The Bertz CT molecular complexity index is 647. The van der Waals surface area contributed by atoms with Crippen LogP contribution in [0.25, 0.3) is 12.1 Å². The molecule has 2 rings (SSSR count). The highest BCUT2D eigenvalue weighted by atomic mass is 13.9. The molecule has 0 unspecified atom stereocenters. The molecule has 0 amide bonds. The zero-order valence-corrected chi connectivity index (χ0v) is 7.46. The Labute approximate surface area is 93.0 Å². The van der Waals surface area contributed by atoms with Gasteiger partial charge >= 0.3 is 0 Å². The first-order valence-electron chi connectivity index (χ1n) is 7.24. The van der Waals surface area contributed by atoms with Crippen molar-refractivity contribution in [2.24, 2.45) is 0 Å². The summed E-state index contributed by atoms with van der Waals surface area (Å²) in [7, 11) is 0. The van der Waals surface area contributed by atoms with E-state index in [-0.39, 0.29) is 23.7 Å². The van der Waals surface area contributed by atoms with Crippen molar-refractivity contribution in [1.82, 2.24) is 0 Å². The van der Waals surface area contributed by atoms with Crippen LogP contribution in [0.3, 0.4) is 0 Å². The van der Waals surface area contributed by atoms with E-state index in [9.17, 15) is 0 Å². The summed E-state index contributed by atoms with van der Waals surface area (Å²) < 4.78 is 46.2. The summed E-state index contributed by atoms with van der Waals surface area (Å²) in [5, 5.41) is 0. The molecule has 0 aliphatic carbocycles. The van der Waals surface area contributed by atoms with Gasteiger partial charge in [-0.2, -0.15) is 0 Å². The van der Waals surface area contributed by atoms with Gasteiger partial charge in [0.1, 0.15) is 0 Å². The van der Waals surface area contributed by atoms with Crippen molar-refractivity contribution in [3.05, 3.63) is 71.7 Å². The minimum atomic E-state index is -0.427. The molecule has 0 saturated carbocycles. The van der Waals surface area contributed by atoms with Crippen LogP contribution in [0.1, 0.15) is 19.4 Å². The molecule has 0 aromatic heterocycles. The van der Waals surface area contributed by atoms with Gasteiger partial charge in [0.05, 0.1) is 8.22 Å². The van der Waals surface area contributed by atoms with E-state index in [1.54, 1.807) is 24.3 Å². The molecular formula is C14H12. The molecule has 0 fully saturated rings. The number of rotatable bonds is 2. The maximum atomic E-state index is 7.96. The Kier molecular flexibility index (Phi) is 1.31. The molecule has 68 valence electrons. The summed E-state index contributed by atoms with van der Waals surface area (Å²) in [6, 6.07) is 7.14. The lowest BCUT2D eigenvalue weighted by molar-refractivity contribution is 1.65. The summed E-state index contributed by atoms with van der Waals surface area (Å²) in [5.41, 5.74) is 0.657. The topological polar surface area (TPSA) is 0 Å². The summed E-state index contributed by atoms with van der Waals surface area (Å²) in [6.07, 6.45) is 1.30. The van der Waals surface area contributed by atoms with E-state index in [1.807, 2.05) is 6.07 Å². The molecule has 2 aromatic rings. The van der Waals surface area contributed by atoms with Crippen LogP contribution in [0, 0.1) is 0 Å². The second-order valence-corrected chi connectivity index (χ2v) is 2.69. The molecule has 0 heterocycles. The minimum Gasteiger partial charge on any atom is -0.0622 e. The van der Waals surface area contributed by atoms with E-state index in [1.165, 1.54) is 6.08 Å². The predicted octanol–water partition coefficient (Wildman–Crippen LogP) is 3.86. The first-order chi connectivity index (χ1) is 9.43. The monoisotopic (exact) mass is 186 g/mol. The van der Waals surface area contributed by atoms with Gasteiger partial charge in [0.25, 0.3) is 0 Å². The average molecular weight is 186 g/mol. The third-order valence-corrected chi connectivity index (χ3v) is 1.68. The second-order valence-electron chi connectivity index (χ2n) is 2.69.